The summed E-state index contributed by atoms with van der Waals surface area (Å²) in [5.74, 6) is -0.285. The van der Waals surface area contributed by atoms with Gasteiger partial charge in [-0.1, -0.05) is 44.1 Å². The molecule has 0 radical (unpaired) electrons. The van der Waals surface area contributed by atoms with Gasteiger partial charge in [0.25, 0.3) is 0 Å². The zero-order valence-electron chi connectivity index (χ0n) is 17.7. The smallest absolute Gasteiger partial charge is 0.133 e. The van der Waals surface area contributed by atoms with E-state index in [1.807, 2.05) is 18.2 Å². The van der Waals surface area contributed by atoms with E-state index in [9.17, 15) is 4.39 Å². The molecule has 4 heteroatoms. The third-order valence-electron chi connectivity index (χ3n) is 4.78. The fourth-order valence-corrected chi connectivity index (χ4v) is 3.07. The quantitative estimate of drug-likeness (QED) is 0.276. The van der Waals surface area contributed by atoms with Crippen molar-refractivity contribution in [3.05, 3.63) is 66.1 Å². The highest BCUT2D eigenvalue weighted by Crippen LogP contribution is 2.22. The Hall–Kier alpha value is -2.33. The first-order valence-corrected chi connectivity index (χ1v) is 10.7. The molecular formula is C25H33FN2O. The lowest BCUT2D eigenvalue weighted by atomic mass is 10.1. The zero-order valence-corrected chi connectivity index (χ0v) is 17.7. The Kier molecular flexibility index (Phi) is 10.3. The largest absolute Gasteiger partial charge is 0.379 e. The third kappa shape index (κ3) is 8.28. The minimum Gasteiger partial charge on any atom is -0.379 e. The highest BCUT2D eigenvalue weighted by atomic mass is 19.1. The average molecular weight is 397 g/mol. The number of hydrogen-bond acceptors (Lipinski definition) is 3. The lowest BCUT2D eigenvalue weighted by Gasteiger charge is -2.12. The Morgan fingerprint density at radius 3 is 2.69 bits per heavy atom. The molecule has 3 nitrogen and oxygen atoms in total. The van der Waals surface area contributed by atoms with Crippen molar-refractivity contribution in [3.8, 4) is 11.3 Å². The van der Waals surface area contributed by atoms with E-state index in [4.69, 9.17) is 4.74 Å². The van der Waals surface area contributed by atoms with Gasteiger partial charge < -0.3 is 4.74 Å². The van der Waals surface area contributed by atoms with Crippen molar-refractivity contribution >= 4 is 6.08 Å². The summed E-state index contributed by atoms with van der Waals surface area (Å²) in [7, 11) is 0. The molecule has 1 heterocycles. The SMILES string of the molecule is C=CCc1ccc(-c2ccc(C=CCCCC(C)OCCCCC)cc2F)nn1. The molecule has 2 rings (SSSR count). The van der Waals surface area contributed by atoms with Crippen molar-refractivity contribution in [2.45, 2.75) is 64.9 Å². The lowest BCUT2D eigenvalue weighted by Crippen LogP contribution is -2.08. The van der Waals surface area contributed by atoms with E-state index in [0.29, 0.717) is 23.8 Å². The van der Waals surface area contributed by atoms with E-state index in [1.165, 1.54) is 12.8 Å². The summed E-state index contributed by atoms with van der Waals surface area (Å²) >= 11 is 0. The van der Waals surface area contributed by atoms with Gasteiger partial charge >= 0.3 is 0 Å². The Morgan fingerprint density at radius 2 is 2.00 bits per heavy atom. The van der Waals surface area contributed by atoms with Crippen LogP contribution in [-0.4, -0.2) is 22.9 Å². The van der Waals surface area contributed by atoms with Crippen LogP contribution in [0.4, 0.5) is 4.39 Å². The summed E-state index contributed by atoms with van der Waals surface area (Å²) in [5, 5.41) is 8.23. The highest BCUT2D eigenvalue weighted by molar-refractivity contribution is 5.63. The number of rotatable bonds is 13. The normalized spacial score (nSPS) is 12.4. The van der Waals surface area contributed by atoms with Crippen LogP contribution < -0.4 is 0 Å². The molecule has 1 aromatic heterocycles. The zero-order chi connectivity index (χ0) is 20.9. The first-order valence-electron chi connectivity index (χ1n) is 10.7. The predicted molar refractivity (Wildman–Crippen MR) is 119 cm³/mol. The second kappa shape index (κ2) is 13.0. The van der Waals surface area contributed by atoms with Gasteiger partial charge in [-0.3, -0.25) is 0 Å². The number of halogens is 1. The summed E-state index contributed by atoms with van der Waals surface area (Å²) in [5.41, 5.74) is 2.68. The van der Waals surface area contributed by atoms with Crippen LogP contribution >= 0.6 is 0 Å². The maximum absolute atomic E-state index is 14.5. The van der Waals surface area contributed by atoms with Crippen LogP contribution in [0.25, 0.3) is 17.3 Å². The number of benzene rings is 1. The lowest BCUT2D eigenvalue weighted by molar-refractivity contribution is 0.0566. The van der Waals surface area contributed by atoms with E-state index in [1.54, 1.807) is 24.3 Å². The molecule has 0 aliphatic rings. The van der Waals surface area contributed by atoms with Crippen LogP contribution in [0.1, 0.15) is 63.6 Å². The number of aromatic nitrogens is 2. The summed E-state index contributed by atoms with van der Waals surface area (Å²) in [6.07, 6.45) is 13.5. The molecule has 0 amide bonds. The van der Waals surface area contributed by atoms with Crippen LogP contribution in [0.3, 0.4) is 0 Å². The molecule has 0 fully saturated rings. The molecule has 1 aromatic carbocycles. The number of ether oxygens (including phenoxy) is 1. The fourth-order valence-electron chi connectivity index (χ4n) is 3.07. The van der Waals surface area contributed by atoms with Crippen LogP contribution in [0, 0.1) is 5.82 Å². The number of nitrogens with zero attached hydrogens (tertiary/aromatic N) is 2. The topological polar surface area (TPSA) is 35.0 Å². The van der Waals surface area contributed by atoms with Gasteiger partial charge in [0.15, 0.2) is 0 Å². The molecule has 1 atom stereocenters. The molecule has 0 bridgehead atoms. The van der Waals surface area contributed by atoms with Crippen molar-refractivity contribution in [2.75, 3.05) is 6.61 Å². The molecule has 0 aliphatic heterocycles. The number of hydrogen-bond donors (Lipinski definition) is 0. The van der Waals surface area contributed by atoms with Crippen LogP contribution in [0.15, 0.2) is 49.1 Å². The van der Waals surface area contributed by atoms with Crippen LogP contribution in [-0.2, 0) is 11.2 Å². The Labute approximate surface area is 174 Å². The van der Waals surface area contributed by atoms with Crippen molar-refractivity contribution in [1.29, 1.82) is 0 Å². The maximum Gasteiger partial charge on any atom is 0.133 e. The molecule has 2 aromatic rings. The monoisotopic (exact) mass is 396 g/mol. The molecule has 0 saturated heterocycles. The summed E-state index contributed by atoms with van der Waals surface area (Å²) in [4.78, 5) is 0. The van der Waals surface area contributed by atoms with Gasteiger partial charge in [-0.15, -0.1) is 6.58 Å². The van der Waals surface area contributed by atoms with Gasteiger partial charge in [-0.2, -0.15) is 10.2 Å². The first kappa shape index (κ1) is 23.0. The third-order valence-corrected chi connectivity index (χ3v) is 4.78. The van der Waals surface area contributed by atoms with E-state index in [-0.39, 0.29) is 5.82 Å². The minimum absolute atomic E-state index is 0.285. The van der Waals surface area contributed by atoms with Gasteiger partial charge in [0.05, 0.1) is 17.5 Å². The highest BCUT2D eigenvalue weighted by Gasteiger charge is 2.08. The molecular weight excluding hydrogens is 363 g/mol. The van der Waals surface area contributed by atoms with E-state index < -0.39 is 0 Å². The Balaban J connectivity index is 1.80. The second-order valence-electron chi connectivity index (χ2n) is 7.36. The molecule has 156 valence electrons. The van der Waals surface area contributed by atoms with Crippen molar-refractivity contribution < 1.29 is 9.13 Å². The molecule has 0 saturated carbocycles. The molecule has 0 spiro atoms. The molecule has 1 unspecified atom stereocenters. The van der Waals surface area contributed by atoms with Crippen molar-refractivity contribution in [2.24, 2.45) is 0 Å². The van der Waals surface area contributed by atoms with E-state index in [2.05, 4.69) is 36.7 Å². The van der Waals surface area contributed by atoms with Crippen LogP contribution in [0.5, 0.6) is 0 Å². The van der Waals surface area contributed by atoms with Gasteiger partial charge in [-0.05, 0) is 62.4 Å². The van der Waals surface area contributed by atoms with Crippen molar-refractivity contribution in [1.82, 2.24) is 10.2 Å². The molecule has 0 N–H and O–H groups in total. The maximum atomic E-state index is 14.5. The fraction of sp³-hybridized carbons (Fsp3) is 0.440. The van der Waals surface area contributed by atoms with Crippen LogP contribution in [0.2, 0.25) is 0 Å². The first-order chi connectivity index (χ1) is 14.1. The van der Waals surface area contributed by atoms with Gasteiger partial charge in [0, 0.05) is 18.6 Å². The second-order valence-corrected chi connectivity index (χ2v) is 7.36. The summed E-state index contributed by atoms with van der Waals surface area (Å²) in [6.45, 7) is 8.88. The van der Waals surface area contributed by atoms with Crippen molar-refractivity contribution in [3.63, 3.8) is 0 Å². The average Bonchev–Trinajstić information content (AvgIpc) is 2.72. The Bertz CT molecular complexity index is 771. The summed E-state index contributed by atoms with van der Waals surface area (Å²) in [6, 6.07) is 8.87. The summed E-state index contributed by atoms with van der Waals surface area (Å²) < 4.78 is 20.3. The number of unbranched alkanes of at least 4 members (excludes halogenated alkanes) is 3. The number of allylic oxidation sites excluding steroid dienone is 2. The van der Waals surface area contributed by atoms with Gasteiger partial charge in [0.1, 0.15) is 5.82 Å². The van der Waals surface area contributed by atoms with E-state index >= 15 is 0 Å². The minimum atomic E-state index is -0.285. The Morgan fingerprint density at radius 1 is 1.14 bits per heavy atom. The van der Waals surface area contributed by atoms with Gasteiger partial charge in [0.2, 0.25) is 0 Å². The molecule has 0 aliphatic carbocycles. The standard InChI is InChI=1S/C25H33FN2O/c1-4-6-10-18-29-20(3)12-8-7-9-13-21-14-16-23(24(26)19-21)25-17-15-22(11-5-2)27-28-25/h5,9,13-17,19-20H,2,4,6-8,10-12,18H2,1,3H3. The van der Waals surface area contributed by atoms with E-state index in [0.717, 1.165) is 43.5 Å². The van der Waals surface area contributed by atoms with Gasteiger partial charge in [-0.25, -0.2) is 4.39 Å². The predicted octanol–water partition coefficient (Wildman–Crippen LogP) is 6.79. The molecule has 29 heavy (non-hydrogen) atoms.